The van der Waals surface area contributed by atoms with Gasteiger partial charge in [0.15, 0.2) is 0 Å². The van der Waals surface area contributed by atoms with E-state index in [0.29, 0.717) is 25.5 Å². The first-order chi connectivity index (χ1) is 18.4. The van der Waals surface area contributed by atoms with E-state index in [1.165, 1.54) is 19.2 Å². The maximum atomic E-state index is 14.5. The van der Waals surface area contributed by atoms with Crippen molar-refractivity contribution in [2.24, 2.45) is 0 Å². The molecule has 0 saturated carbocycles. The summed E-state index contributed by atoms with van der Waals surface area (Å²) in [5.74, 6) is -1.10. The number of sulfonamides is 1. The van der Waals surface area contributed by atoms with Crippen molar-refractivity contribution in [1.29, 1.82) is 0 Å². The van der Waals surface area contributed by atoms with Crippen molar-refractivity contribution in [3.05, 3.63) is 82.7 Å². The molecule has 3 aromatic carbocycles. The Balaban J connectivity index is 1.57. The molecule has 208 valence electrons. The van der Waals surface area contributed by atoms with E-state index in [2.05, 4.69) is 4.72 Å². The van der Waals surface area contributed by atoms with Crippen LogP contribution in [0, 0.1) is 5.82 Å². The number of ether oxygens (including phenoxy) is 2. The van der Waals surface area contributed by atoms with Crippen LogP contribution in [0.2, 0.25) is 0 Å². The molecule has 0 spiro atoms. The minimum Gasteiger partial charge on any atom is -0.496 e. The van der Waals surface area contributed by atoms with E-state index in [9.17, 15) is 30.8 Å². The second kappa shape index (κ2) is 11.4. The average Bonchev–Trinajstić information content (AvgIpc) is 3.27. The van der Waals surface area contributed by atoms with Gasteiger partial charge in [-0.15, -0.1) is 0 Å². The highest BCUT2D eigenvalue weighted by molar-refractivity contribution is 7.89. The number of esters is 1. The quantitative estimate of drug-likeness (QED) is 0.275. The number of hydrogen-bond acceptors (Lipinski definition) is 5. The van der Waals surface area contributed by atoms with Gasteiger partial charge in [-0.2, -0.15) is 13.2 Å². The number of alkyl halides is 3. The summed E-state index contributed by atoms with van der Waals surface area (Å²) in [4.78, 5) is 10.7. The van der Waals surface area contributed by atoms with Gasteiger partial charge in [-0.25, -0.2) is 17.5 Å². The largest absolute Gasteiger partial charge is 0.496 e. The topological polar surface area (TPSA) is 81.7 Å². The van der Waals surface area contributed by atoms with E-state index in [4.69, 9.17) is 9.47 Å². The summed E-state index contributed by atoms with van der Waals surface area (Å²) in [5.41, 5.74) is 0.841. The highest BCUT2D eigenvalue weighted by Crippen LogP contribution is 2.40. The Kier molecular flexibility index (Phi) is 8.31. The Morgan fingerprint density at radius 3 is 2.49 bits per heavy atom. The van der Waals surface area contributed by atoms with Crippen LogP contribution in [0.4, 0.5) is 17.6 Å². The van der Waals surface area contributed by atoms with Crippen molar-refractivity contribution in [3.8, 4) is 16.9 Å². The predicted octanol–water partition coefficient (Wildman–Crippen LogP) is 5.46. The molecule has 1 aliphatic carbocycles. The van der Waals surface area contributed by atoms with Gasteiger partial charge in [0.2, 0.25) is 10.0 Å². The van der Waals surface area contributed by atoms with Crippen molar-refractivity contribution < 1.29 is 40.2 Å². The summed E-state index contributed by atoms with van der Waals surface area (Å²) in [7, 11) is -3.34. The van der Waals surface area contributed by atoms with Gasteiger partial charge in [0.05, 0.1) is 29.7 Å². The molecule has 0 fully saturated rings. The number of methoxy groups -OCH3 is 1. The fraction of sp³-hybridized carbons (Fsp3) is 0.321. The van der Waals surface area contributed by atoms with Gasteiger partial charge >= 0.3 is 12.1 Å². The molecule has 0 amide bonds. The lowest BCUT2D eigenvalue weighted by Crippen LogP contribution is -2.36. The molecule has 1 atom stereocenters. The van der Waals surface area contributed by atoms with Crippen LogP contribution in [0.15, 0.2) is 59.5 Å². The molecule has 0 bridgehead atoms. The Bertz CT molecular complexity index is 1490. The second-order valence-electron chi connectivity index (χ2n) is 9.16. The van der Waals surface area contributed by atoms with Crippen LogP contribution >= 0.6 is 0 Å². The van der Waals surface area contributed by atoms with Gasteiger partial charge in [-0.3, -0.25) is 4.79 Å². The van der Waals surface area contributed by atoms with Crippen molar-refractivity contribution >= 4 is 16.0 Å². The van der Waals surface area contributed by atoms with Crippen LogP contribution in [0.5, 0.6) is 5.75 Å². The maximum Gasteiger partial charge on any atom is 0.417 e. The lowest BCUT2D eigenvalue weighted by atomic mass is 10.0. The number of rotatable bonds is 9. The molecule has 1 N–H and O–H groups in total. The van der Waals surface area contributed by atoms with Gasteiger partial charge in [0, 0.05) is 12.5 Å². The molecule has 0 saturated heterocycles. The second-order valence-corrected chi connectivity index (χ2v) is 10.8. The van der Waals surface area contributed by atoms with Gasteiger partial charge < -0.3 is 9.47 Å². The average molecular weight is 566 g/mol. The Morgan fingerprint density at radius 1 is 1.05 bits per heavy atom. The summed E-state index contributed by atoms with van der Waals surface area (Å²) in [6.07, 6.45) is -3.77. The number of carbonyl (C=O) groups excluding carboxylic acids is 1. The summed E-state index contributed by atoms with van der Waals surface area (Å²) in [6, 6.07) is 11.3. The SMILES string of the molecule is CCOC(=O)CCc1ccc2c(c1)CC(NS(=O)(=O)c1ccc(-c3c(F)cccc3OC)cc1C(F)(F)F)C2. The monoisotopic (exact) mass is 565 g/mol. The molecule has 39 heavy (non-hydrogen) atoms. The normalized spacial score (nSPS) is 15.2. The van der Waals surface area contributed by atoms with Crippen LogP contribution in [0.25, 0.3) is 11.1 Å². The van der Waals surface area contributed by atoms with Crippen LogP contribution in [0.1, 0.15) is 35.6 Å². The van der Waals surface area contributed by atoms with Crippen LogP contribution < -0.4 is 9.46 Å². The van der Waals surface area contributed by atoms with E-state index < -0.39 is 38.5 Å². The third-order valence-corrected chi connectivity index (χ3v) is 8.09. The lowest BCUT2D eigenvalue weighted by molar-refractivity contribution is -0.143. The van der Waals surface area contributed by atoms with Crippen molar-refractivity contribution in [2.75, 3.05) is 13.7 Å². The molecule has 0 radical (unpaired) electrons. The molecule has 3 aromatic rings. The zero-order valence-electron chi connectivity index (χ0n) is 21.3. The van der Waals surface area contributed by atoms with Crippen LogP contribution in [-0.4, -0.2) is 34.1 Å². The first kappa shape index (κ1) is 28.6. The summed E-state index contributed by atoms with van der Waals surface area (Å²) < 4.78 is 95.5. The standard InChI is InChI=1S/C28H27F4NO5S/c1-3-38-26(34)12-8-17-7-9-18-14-21(15-20(18)13-17)33-39(35,36)25-11-10-19(16-22(25)28(30,31)32)27-23(29)5-4-6-24(27)37-2/h4-7,9-11,13,16,21,33H,3,8,12,14-15H2,1-2H3. The van der Waals surface area contributed by atoms with E-state index in [-0.39, 0.29) is 35.7 Å². The first-order valence-corrected chi connectivity index (χ1v) is 13.7. The molecule has 1 aliphatic rings. The van der Waals surface area contributed by atoms with Crippen molar-refractivity contribution in [2.45, 2.75) is 49.7 Å². The fourth-order valence-corrected chi connectivity index (χ4v) is 6.21. The molecule has 0 aliphatic heterocycles. The highest BCUT2D eigenvalue weighted by atomic mass is 32.2. The molecular weight excluding hydrogens is 538 g/mol. The summed E-state index contributed by atoms with van der Waals surface area (Å²) >= 11 is 0. The van der Waals surface area contributed by atoms with E-state index in [1.54, 1.807) is 6.92 Å². The smallest absolute Gasteiger partial charge is 0.417 e. The van der Waals surface area contributed by atoms with Crippen LogP contribution in [-0.2, 0) is 45.0 Å². The third kappa shape index (κ3) is 6.42. The van der Waals surface area contributed by atoms with Crippen molar-refractivity contribution in [1.82, 2.24) is 4.72 Å². The molecule has 0 heterocycles. The number of aryl methyl sites for hydroxylation is 1. The Morgan fingerprint density at radius 2 is 1.79 bits per heavy atom. The molecule has 11 heteroatoms. The van der Waals surface area contributed by atoms with Crippen LogP contribution in [0.3, 0.4) is 0 Å². The number of nitrogens with one attached hydrogen (secondary N) is 1. The Hall–Kier alpha value is -3.44. The first-order valence-electron chi connectivity index (χ1n) is 12.3. The zero-order valence-corrected chi connectivity index (χ0v) is 22.1. The summed E-state index contributed by atoms with van der Waals surface area (Å²) in [6.45, 7) is 2.02. The van der Waals surface area contributed by atoms with E-state index >= 15 is 0 Å². The molecule has 1 unspecified atom stereocenters. The van der Waals surface area contributed by atoms with E-state index in [0.717, 1.165) is 34.9 Å². The number of halogens is 4. The zero-order chi connectivity index (χ0) is 28.4. The lowest BCUT2D eigenvalue weighted by Gasteiger charge is -2.18. The summed E-state index contributed by atoms with van der Waals surface area (Å²) in [5, 5.41) is 0. The van der Waals surface area contributed by atoms with Gasteiger partial charge in [-0.05, 0) is 72.7 Å². The minimum atomic E-state index is -5.02. The highest BCUT2D eigenvalue weighted by Gasteiger charge is 2.39. The predicted molar refractivity (Wildman–Crippen MR) is 136 cm³/mol. The van der Waals surface area contributed by atoms with Gasteiger partial charge in [0.1, 0.15) is 11.6 Å². The minimum absolute atomic E-state index is 0.0159. The maximum absolute atomic E-state index is 14.5. The number of carbonyl (C=O) groups is 1. The van der Waals surface area contributed by atoms with Crippen molar-refractivity contribution in [3.63, 3.8) is 0 Å². The number of fused-ring (bicyclic) bond motifs is 1. The molecular formula is C28H27F4NO5S. The number of benzene rings is 3. The van der Waals surface area contributed by atoms with Gasteiger partial charge in [-0.1, -0.05) is 30.3 Å². The Labute approximate surface area is 224 Å². The van der Waals surface area contributed by atoms with E-state index in [1.807, 2.05) is 18.2 Å². The molecule has 0 aromatic heterocycles. The van der Waals surface area contributed by atoms with Gasteiger partial charge in [0.25, 0.3) is 0 Å². The third-order valence-electron chi connectivity index (χ3n) is 6.51. The fourth-order valence-electron chi connectivity index (χ4n) is 4.77. The molecule has 4 rings (SSSR count). The molecule has 6 nitrogen and oxygen atoms in total. The number of hydrogen-bond donors (Lipinski definition) is 1.